The molecule has 0 aliphatic rings. The van der Waals surface area contributed by atoms with Gasteiger partial charge in [-0.3, -0.25) is 4.79 Å². The molecule has 0 heterocycles. The van der Waals surface area contributed by atoms with Crippen LogP contribution in [0, 0.1) is 11.8 Å². The van der Waals surface area contributed by atoms with Crippen LogP contribution in [-0.4, -0.2) is 17.0 Å². The van der Waals surface area contributed by atoms with Crippen LogP contribution in [0.3, 0.4) is 0 Å². The summed E-state index contributed by atoms with van der Waals surface area (Å²) in [6.45, 7) is 8.95. The van der Waals surface area contributed by atoms with Crippen molar-refractivity contribution in [1.29, 1.82) is 0 Å². The highest BCUT2D eigenvalue weighted by Crippen LogP contribution is 2.25. The van der Waals surface area contributed by atoms with Crippen molar-refractivity contribution in [3.63, 3.8) is 0 Å². The van der Waals surface area contributed by atoms with Gasteiger partial charge in [0.2, 0.25) is 0 Å². The minimum absolute atomic E-state index is 0.0180. The summed E-state index contributed by atoms with van der Waals surface area (Å²) in [5, 5.41) is 9.64. The van der Waals surface area contributed by atoms with Gasteiger partial charge in [0.1, 0.15) is 5.78 Å². The zero-order chi connectivity index (χ0) is 9.89. The Bertz CT molecular complexity index is 173. The van der Waals surface area contributed by atoms with Gasteiger partial charge in [0.25, 0.3) is 0 Å². The molecule has 0 aromatic rings. The van der Waals surface area contributed by atoms with Crippen molar-refractivity contribution in [3.8, 4) is 0 Å². The molecule has 0 radical (unpaired) electrons. The van der Waals surface area contributed by atoms with Crippen molar-refractivity contribution < 1.29 is 9.90 Å². The Kier molecular flexibility index (Phi) is 5.01. The maximum Gasteiger partial charge on any atom is 0.140 e. The molecule has 0 aliphatic carbocycles. The second kappa shape index (κ2) is 4.97. The second-order valence-corrected chi connectivity index (χ2v) is 4.66. The van der Waals surface area contributed by atoms with Gasteiger partial charge in [-0.05, 0) is 39.0 Å². The molecule has 0 fully saturated rings. The summed E-state index contributed by atoms with van der Waals surface area (Å²) in [7, 11) is 0. The van der Waals surface area contributed by atoms with Gasteiger partial charge >= 0.3 is 0 Å². The van der Waals surface area contributed by atoms with Gasteiger partial charge in [0, 0.05) is 0 Å². The number of halogens is 1. The Morgan fingerprint density at radius 2 is 1.92 bits per heavy atom. The molecule has 2 atom stereocenters. The Morgan fingerprint density at radius 3 is 2.00 bits per heavy atom. The van der Waals surface area contributed by atoms with E-state index in [-0.39, 0.29) is 11.7 Å². The minimum atomic E-state index is -0.605. The normalized spacial score (nSPS) is 15.8. The number of hydrogen-bond acceptors (Lipinski definition) is 2. The quantitative estimate of drug-likeness (QED) is 0.802. The largest absolute Gasteiger partial charge is 0.392 e. The van der Waals surface area contributed by atoms with Crippen LogP contribution in [0.2, 0.25) is 0 Å². The smallest absolute Gasteiger partial charge is 0.140 e. The van der Waals surface area contributed by atoms with E-state index in [4.69, 9.17) is 0 Å². The first-order chi connectivity index (χ1) is 5.37. The SMILES string of the molecule is C=C(I)[C@H](C(C)=O)C(O)C(C)C. The molecule has 1 unspecified atom stereocenters. The fourth-order valence-electron chi connectivity index (χ4n) is 1.03. The molecule has 1 N–H and O–H groups in total. The van der Waals surface area contributed by atoms with Gasteiger partial charge in [-0.2, -0.15) is 0 Å². The Balaban J connectivity index is 4.52. The van der Waals surface area contributed by atoms with Gasteiger partial charge in [-0.25, -0.2) is 0 Å². The molecule has 3 heteroatoms. The predicted molar refractivity (Wildman–Crippen MR) is 58.2 cm³/mol. The summed E-state index contributed by atoms with van der Waals surface area (Å²) < 4.78 is 0.710. The first kappa shape index (κ1) is 12.1. The van der Waals surface area contributed by atoms with E-state index in [1.165, 1.54) is 6.92 Å². The molecular weight excluding hydrogens is 267 g/mol. The van der Waals surface area contributed by atoms with Crippen molar-refractivity contribution in [2.24, 2.45) is 11.8 Å². The van der Waals surface area contributed by atoms with E-state index in [0.29, 0.717) is 3.58 Å². The molecule has 0 bridgehead atoms. The minimum Gasteiger partial charge on any atom is -0.392 e. The highest BCUT2D eigenvalue weighted by molar-refractivity contribution is 14.1. The number of ketones is 1. The summed E-state index contributed by atoms with van der Waals surface area (Å²) >= 11 is 1.99. The molecule has 0 saturated carbocycles. The van der Waals surface area contributed by atoms with Crippen LogP contribution in [0.5, 0.6) is 0 Å². The molecular formula is C9H15IO2. The van der Waals surface area contributed by atoms with E-state index in [2.05, 4.69) is 6.58 Å². The van der Waals surface area contributed by atoms with Gasteiger partial charge in [-0.1, -0.05) is 20.4 Å². The Morgan fingerprint density at radius 1 is 1.50 bits per heavy atom. The zero-order valence-electron chi connectivity index (χ0n) is 7.67. The average molecular weight is 282 g/mol. The van der Waals surface area contributed by atoms with Crippen LogP contribution in [0.4, 0.5) is 0 Å². The van der Waals surface area contributed by atoms with Crippen LogP contribution in [0.15, 0.2) is 10.2 Å². The van der Waals surface area contributed by atoms with Gasteiger partial charge in [-0.15, -0.1) is 0 Å². The number of carbonyl (C=O) groups is 1. The second-order valence-electron chi connectivity index (χ2n) is 3.27. The van der Waals surface area contributed by atoms with Crippen LogP contribution in [0.25, 0.3) is 0 Å². The molecule has 0 aromatic carbocycles. The van der Waals surface area contributed by atoms with Crippen molar-refractivity contribution in [2.45, 2.75) is 26.9 Å². The average Bonchev–Trinajstić information content (AvgIpc) is 1.85. The summed E-state index contributed by atoms with van der Waals surface area (Å²) in [6.07, 6.45) is -0.605. The lowest BCUT2D eigenvalue weighted by Gasteiger charge is -2.22. The third-order valence-corrected chi connectivity index (χ3v) is 2.47. The highest BCUT2D eigenvalue weighted by Gasteiger charge is 2.27. The lowest BCUT2D eigenvalue weighted by molar-refractivity contribution is -0.123. The Labute approximate surface area is 87.2 Å². The fraction of sp³-hybridized carbons (Fsp3) is 0.667. The third-order valence-electron chi connectivity index (χ3n) is 1.80. The standard InChI is InChI=1S/C9H15IO2/c1-5(2)9(12)8(6(3)10)7(4)11/h5,8-9,12H,3H2,1-2,4H3/t8-,9?/m1/s1. The summed E-state index contributed by atoms with van der Waals surface area (Å²) in [5.74, 6) is -0.341. The van der Waals surface area contributed by atoms with Gasteiger partial charge < -0.3 is 5.11 Å². The van der Waals surface area contributed by atoms with Crippen LogP contribution in [-0.2, 0) is 4.79 Å². The molecule has 0 spiro atoms. The van der Waals surface area contributed by atoms with Gasteiger partial charge in [0.15, 0.2) is 0 Å². The molecule has 12 heavy (non-hydrogen) atoms. The number of Topliss-reactive ketones (excluding diaryl/α,β-unsaturated/α-hetero) is 1. The van der Waals surface area contributed by atoms with E-state index in [9.17, 15) is 9.90 Å². The summed E-state index contributed by atoms with van der Waals surface area (Å²) in [4.78, 5) is 11.1. The zero-order valence-corrected chi connectivity index (χ0v) is 9.83. The molecule has 0 aromatic heterocycles. The van der Waals surface area contributed by atoms with Crippen LogP contribution < -0.4 is 0 Å². The van der Waals surface area contributed by atoms with Crippen molar-refractivity contribution >= 4 is 28.4 Å². The maximum atomic E-state index is 11.1. The van der Waals surface area contributed by atoms with E-state index in [1.807, 2.05) is 36.4 Å². The van der Waals surface area contributed by atoms with Crippen LogP contribution in [0.1, 0.15) is 20.8 Å². The number of rotatable bonds is 4. The molecule has 0 aliphatic heterocycles. The summed E-state index contributed by atoms with van der Waals surface area (Å²) in [6, 6.07) is 0. The predicted octanol–water partition coefficient (Wildman–Crippen LogP) is 2.16. The van der Waals surface area contributed by atoms with E-state index >= 15 is 0 Å². The highest BCUT2D eigenvalue weighted by atomic mass is 127. The molecule has 0 amide bonds. The van der Waals surface area contributed by atoms with Crippen molar-refractivity contribution in [2.75, 3.05) is 0 Å². The lowest BCUT2D eigenvalue weighted by atomic mass is 9.90. The maximum absolute atomic E-state index is 11.1. The first-order valence-corrected chi connectivity index (χ1v) is 4.98. The van der Waals surface area contributed by atoms with E-state index in [0.717, 1.165) is 0 Å². The first-order valence-electron chi connectivity index (χ1n) is 3.90. The van der Waals surface area contributed by atoms with E-state index < -0.39 is 12.0 Å². The molecule has 2 nitrogen and oxygen atoms in total. The van der Waals surface area contributed by atoms with E-state index in [1.54, 1.807) is 0 Å². The monoisotopic (exact) mass is 282 g/mol. The number of carbonyl (C=O) groups excluding carboxylic acids is 1. The van der Waals surface area contributed by atoms with Crippen molar-refractivity contribution in [3.05, 3.63) is 10.2 Å². The molecule has 70 valence electrons. The van der Waals surface area contributed by atoms with Gasteiger partial charge in [0.05, 0.1) is 12.0 Å². The lowest BCUT2D eigenvalue weighted by Crippen LogP contribution is -2.30. The Hall–Kier alpha value is 0.1000. The van der Waals surface area contributed by atoms with Crippen LogP contribution >= 0.6 is 22.6 Å². The number of hydrogen-bond donors (Lipinski definition) is 1. The van der Waals surface area contributed by atoms with Crippen molar-refractivity contribution in [1.82, 2.24) is 0 Å². The fourth-order valence-corrected chi connectivity index (χ4v) is 1.84. The summed E-state index contributed by atoms with van der Waals surface area (Å²) in [5.41, 5.74) is 0. The molecule has 0 saturated heterocycles. The topological polar surface area (TPSA) is 37.3 Å². The number of aliphatic hydroxyl groups is 1. The third kappa shape index (κ3) is 3.23. The molecule has 0 rings (SSSR count). The number of aliphatic hydroxyl groups excluding tert-OH is 1.